The number of hydrogen-bond acceptors (Lipinski definition) is 2. The first-order chi connectivity index (χ1) is 8.33. The van der Waals surface area contributed by atoms with E-state index in [9.17, 15) is 4.79 Å². The largest absolute Gasteiger partial charge is 0.240 e. The van der Waals surface area contributed by atoms with Gasteiger partial charge in [-0.15, -0.1) is 0 Å². The molecule has 0 aliphatic carbocycles. The van der Waals surface area contributed by atoms with Gasteiger partial charge in [0.25, 0.3) is 0 Å². The van der Waals surface area contributed by atoms with E-state index in [1.165, 1.54) is 0 Å². The molecule has 2 aromatic carbocycles. The highest BCUT2D eigenvalue weighted by molar-refractivity contribution is 5.84. The molecule has 0 heterocycles. The summed E-state index contributed by atoms with van der Waals surface area (Å²) in [6, 6.07) is 17.2. The van der Waals surface area contributed by atoms with E-state index in [0.29, 0.717) is 5.69 Å². The van der Waals surface area contributed by atoms with Gasteiger partial charge in [-0.2, -0.15) is 4.99 Å². The molecular weight excluding hydrogens is 210 g/mol. The van der Waals surface area contributed by atoms with Gasteiger partial charge < -0.3 is 0 Å². The number of benzene rings is 2. The maximum Gasteiger partial charge on any atom is 0.240 e. The normalized spacial score (nSPS) is 9.41. The summed E-state index contributed by atoms with van der Waals surface area (Å²) in [7, 11) is 0. The van der Waals surface area contributed by atoms with Gasteiger partial charge in [0, 0.05) is 5.56 Å². The molecule has 0 N–H and O–H groups in total. The van der Waals surface area contributed by atoms with Gasteiger partial charge in [-0.05, 0) is 17.2 Å². The summed E-state index contributed by atoms with van der Waals surface area (Å²) < 4.78 is 0. The lowest BCUT2D eigenvalue weighted by molar-refractivity contribution is 0.565. The number of aliphatic imine (C=N–C) groups is 1. The summed E-state index contributed by atoms with van der Waals surface area (Å²) in [5.74, 6) is 0. The summed E-state index contributed by atoms with van der Waals surface area (Å²) >= 11 is 0. The Morgan fingerprint density at radius 1 is 1.00 bits per heavy atom. The Bertz CT molecular complexity index is 581. The van der Waals surface area contributed by atoms with E-state index in [1.807, 2.05) is 48.5 Å². The minimum Gasteiger partial charge on any atom is -0.211 e. The van der Waals surface area contributed by atoms with Crippen LogP contribution in [0.25, 0.3) is 5.57 Å². The van der Waals surface area contributed by atoms with Crippen molar-refractivity contribution in [2.75, 3.05) is 0 Å². The first-order valence-corrected chi connectivity index (χ1v) is 5.24. The van der Waals surface area contributed by atoms with Crippen LogP contribution in [0.3, 0.4) is 0 Å². The molecule has 0 atom stereocenters. The standard InChI is InChI=1S/C15H11NO/c1-12(13-7-3-2-4-8-13)14-9-5-6-10-15(14)16-11-17/h2-10H,1H2. The van der Waals surface area contributed by atoms with Crippen LogP contribution in [-0.2, 0) is 4.79 Å². The minimum atomic E-state index is 0.594. The number of isocyanates is 1. The molecule has 2 nitrogen and oxygen atoms in total. The smallest absolute Gasteiger partial charge is 0.211 e. The molecule has 0 saturated heterocycles. The predicted octanol–water partition coefficient (Wildman–Crippen LogP) is 3.72. The van der Waals surface area contributed by atoms with Crippen molar-refractivity contribution in [1.82, 2.24) is 0 Å². The Balaban J connectivity index is 2.48. The summed E-state index contributed by atoms with van der Waals surface area (Å²) in [6.45, 7) is 4.05. The zero-order chi connectivity index (χ0) is 12.1. The van der Waals surface area contributed by atoms with Crippen molar-refractivity contribution in [1.29, 1.82) is 0 Å². The van der Waals surface area contributed by atoms with Crippen LogP contribution in [0.5, 0.6) is 0 Å². The summed E-state index contributed by atoms with van der Waals surface area (Å²) in [6.07, 6.45) is 1.56. The minimum absolute atomic E-state index is 0.594. The maximum absolute atomic E-state index is 10.4. The number of carbonyl (C=O) groups excluding carboxylic acids is 1. The molecule has 17 heavy (non-hydrogen) atoms. The second kappa shape index (κ2) is 5.06. The first-order valence-electron chi connectivity index (χ1n) is 5.24. The van der Waals surface area contributed by atoms with Gasteiger partial charge in [0.1, 0.15) is 0 Å². The van der Waals surface area contributed by atoms with Crippen LogP contribution in [0.2, 0.25) is 0 Å². The van der Waals surface area contributed by atoms with Crippen molar-refractivity contribution in [3.63, 3.8) is 0 Å². The van der Waals surface area contributed by atoms with Gasteiger partial charge in [-0.25, -0.2) is 4.79 Å². The van der Waals surface area contributed by atoms with Crippen LogP contribution in [0.4, 0.5) is 5.69 Å². The van der Waals surface area contributed by atoms with Crippen LogP contribution in [0.1, 0.15) is 11.1 Å². The third-order valence-corrected chi connectivity index (χ3v) is 2.52. The number of para-hydroxylation sites is 1. The zero-order valence-corrected chi connectivity index (χ0v) is 9.26. The average Bonchev–Trinajstić information content (AvgIpc) is 2.40. The van der Waals surface area contributed by atoms with Crippen molar-refractivity contribution in [3.8, 4) is 0 Å². The molecule has 0 saturated carbocycles. The topological polar surface area (TPSA) is 29.4 Å². The average molecular weight is 221 g/mol. The third kappa shape index (κ3) is 2.39. The zero-order valence-electron chi connectivity index (χ0n) is 9.26. The highest BCUT2D eigenvalue weighted by atomic mass is 16.1. The molecule has 2 rings (SSSR count). The van der Waals surface area contributed by atoms with Gasteiger partial charge in [-0.3, -0.25) is 0 Å². The highest BCUT2D eigenvalue weighted by Crippen LogP contribution is 2.29. The molecule has 0 aromatic heterocycles. The van der Waals surface area contributed by atoms with Gasteiger partial charge in [0.15, 0.2) is 0 Å². The summed E-state index contributed by atoms with van der Waals surface area (Å²) in [5.41, 5.74) is 3.31. The van der Waals surface area contributed by atoms with Gasteiger partial charge in [0.05, 0.1) is 5.69 Å². The molecule has 0 amide bonds. The molecule has 0 aliphatic rings. The predicted molar refractivity (Wildman–Crippen MR) is 68.8 cm³/mol. The number of nitrogens with zero attached hydrogens (tertiary/aromatic N) is 1. The molecule has 2 aromatic rings. The fourth-order valence-electron chi connectivity index (χ4n) is 1.67. The van der Waals surface area contributed by atoms with E-state index < -0.39 is 0 Å². The van der Waals surface area contributed by atoms with E-state index in [2.05, 4.69) is 11.6 Å². The van der Waals surface area contributed by atoms with Crippen molar-refractivity contribution in [2.45, 2.75) is 0 Å². The third-order valence-electron chi connectivity index (χ3n) is 2.52. The monoisotopic (exact) mass is 221 g/mol. The molecule has 0 aliphatic heterocycles. The lowest BCUT2D eigenvalue weighted by Crippen LogP contribution is -1.86. The van der Waals surface area contributed by atoms with Crippen molar-refractivity contribution >= 4 is 17.3 Å². The lowest BCUT2D eigenvalue weighted by Gasteiger charge is -2.08. The second-order valence-electron chi connectivity index (χ2n) is 3.56. The van der Waals surface area contributed by atoms with E-state index in [1.54, 1.807) is 12.1 Å². The Kier molecular flexibility index (Phi) is 3.29. The fraction of sp³-hybridized carbons (Fsp3) is 0. The van der Waals surface area contributed by atoms with Crippen LogP contribution in [-0.4, -0.2) is 6.08 Å². The van der Waals surface area contributed by atoms with Crippen LogP contribution >= 0.6 is 0 Å². The number of hydrogen-bond donors (Lipinski definition) is 0. The molecule has 0 spiro atoms. The summed E-state index contributed by atoms with van der Waals surface area (Å²) in [4.78, 5) is 14.1. The van der Waals surface area contributed by atoms with Gasteiger partial charge in [0.2, 0.25) is 6.08 Å². The molecular formula is C15H11NO. The highest BCUT2D eigenvalue weighted by Gasteiger charge is 2.06. The second-order valence-corrected chi connectivity index (χ2v) is 3.56. The van der Waals surface area contributed by atoms with E-state index in [-0.39, 0.29) is 0 Å². The molecule has 2 heteroatoms. The quantitative estimate of drug-likeness (QED) is 0.573. The van der Waals surface area contributed by atoms with Crippen LogP contribution in [0.15, 0.2) is 66.2 Å². The Morgan fingerprint density at radius 2 is 1.65 bits per heavy atom. The van der Waals surface area contributed by atoms with Crippen molar-refractivity contribution in [2.24, 2.45) is 4.99 Å². The Hall–Kier alpha value is -2.44. The van der Waals surface area contributed by atoms with Crippen LogP contribution < -0.4 is 0 Å². The first kappa shape index (κ1) is 11.1. The molecule has 0 fully saturated rings. The maximum atomic E-state index is 10.4. The molecule has 0 bridgehead atoms. The van der Waals surface area contributed by atoms with E-state index >= 15 is 0 Å². The van der Waals surface area contributed by atoms with Gasteiger partial charge in [-0.1, -0.05) is 55.1 Å². The van der Waals surface area contributed by atoms with E-state index in [4.69, 9.17) is 0 Å². The SMILES string of the molecule is C=C(c1ccccc1)c1ccccc1N=C=O. The fourth-order valence-corrected chi connectivity index (χ4v) is 1.67. The van der Waals surface area contributed by atoms with Crippen LogP contribution in [0, 0.1) is 0 Å². The van der Waals surface area contributed by atoms with Crippen molar-refractivity contribution in [3.05, 3.63) is 72.3 Å². The van der Waals surface area contributed by atoms with Crippen molar-refractivity contribution < 1.29 is 4.79 Å². The molecule has 0 unspecified atom stereocenters. The lowest BCUT2D eigenvalue weighted by atomic mass is 9.98. The Morgan fingerprint density at radius 3 is 2.35 bits per heavy atom. The van der Waals surface area contributed by atoms with Gasteiger partial charge >= 0.3 is 0 Å². The number of rotatable bonds is 3. The molecule has 82 valence electrons. The summed E-state index contributed by atoms with van der Waals surface area (Å²) in [5, 5.41) is 0. The molecule has 0 radical (unpaired) electrons. The van der Waals surface area contributed by atoms with E-state index in [0.717, 1.165) is 16.7 Å². The Labute approximate surface area is 100.0 Å².